The zero-order valence-electron chi connectivity index (χ0n) is 17.5. The van der Waals surface area contributed by atoms with Gasteiger partial charge in [-0.1, -0.05) is 6.07 Å². The third kappa shape index (κ3) is 3.59. The monoisotopic (exact) mass is 445 g/mol. The predicted molar refractivity (Wildman–Crippen MR) is 121 cm³/mol. The first kappa shape index (κ1) is 19.6. The van der Waals surface area contributed by atoms with E-state index in [1.165, 1.54) is 37.0 Å². The van der Waals surface area contributed by atoms with Gasteiger partial charge in [0.1, 0.15) is 17.5 Å². The molecular weight excluding hydrogens is 422 g/mol. The van der Waals surface area contributed by atoms with Gasteiger partial charge >= 0.3 is 0 Å². The number of nitriles is 1. The number of nitrogens with one attached hydrogen (secondary N) is 1. The number of rotatable bonds is 5. The number of phenolic OH excluding ortho intramolecular Hbond substituents is 1. The van der Waals surface area contributed by atoms with Crippen LogP contribution >= 0.6 is 11.3 Å². The van der Waals surface area contributed by atoms with E-state index in [2.05, 4.69) is 30.4 Å². The van der Waals surface area contributed by atoms with Crippen molar-refractivity contribution in [3.63, 3.8) is 0 Å². The third-order valence-electron chi connectivity index (χ3n) is 6.73. The highest BCUT2D eigenvalue weighted by Crippen LogP contribution is 2.38. The van der Waals surface area contributed by atoms with E-state index in [9.17, 15) is 5.11 Å². The maximum Gasteiger partial charge on any atom is 0.245 e. The third-order valence-corrected chi connectivity index (χ3v) is 7.48. The summed E-state index contributed by atoms with van der Waals surface area (Å²) >= 11 is 1.28. The number of anilines is 1. The minimum absolute atomic E-state index is 0.0897. The predicted octanol–water partition coefficient (Wildman–Crippen LogP) is 3.49. The smallest absolute Gasteiger partial charge is 0.245 e. The molecule has 1 aromatic carbocycles. The summed E-state index contributed by atoms with van der Waals surface area (Å²) in [7, 11) is 0. The minimum Gasteiger partial charge on any atom is -0.507 e. The lowest BCUT2D eigenvalue weighted by atomic mass is 9.98. The van der Waals surface area contributed by atoms with Gasteiger partial charge in [0.15, 0.2) is 5.01 Å². The van der Waals surface area contributed by atoms with Gasteiger partial charge < -0.3 is 15.3 Å². The summed E-state index contributed by atoms with van der Waals surface area (Å²) in [5.74, 6) is 0.789. The van der Waals surface area contributed by atoms with Crippen molar-refractivity contribution in [3.05, 3.63) is 34.8 Å². The Balaban J connectivity index is 1.24. The summed E-state index contributed by atoms with van der Waals surface area (Å²) in [6, 6.07) is 9.56. The highest BCUT2D eigenvalue weighted by atomic mass is 32.1. The number of thiazole rings is 1. The maximum absolute atomic E-state index is 10.6. The van der Waals surface area contributed by atoms with Crippen LogP contribution < -0.4 is 10.2 Å². The molecule has 8 nitrogen and oxygen atoms in total. The van der Waals surface area contributed by atoms with E-state index in [0.29, 0.717) is 52.1 Å². The molecule has 4 heterocycles. The van der Waals surface area contributed by atoms with Gasteiger partial charge in [-0.2, -0.15) is 5.26 Å². The fourth-order valence-electron chi connectivity index (χ4n) is 5.11. The number of aromatic hydroxyl groups is 1. The number of piperidine rings is 1. The number of fused-ring (bicyclic) bond motifs is 2. The summed E-state index contributed by atoms with van der Waals surface area (Å²) in [6.07, 6.45) is 8.92. The Labute approximate surface area is 190 Å². The van der Waals surface area contributed by atoms with Gasteiger partial charge in [0, 0.05) is 40.7 Å². The molecule has 0 amide bonds. The van der Waals surface area contributed by atoms with Crippen LogP contribution in [0.25, 0.3) is 22.5 Å². The summed E-state index contributed by atoms with van der Waals surface area (Å²) in [5.41, 5.74) is 2.54. The van der Waals surface area contributed by atoms with Crippen molar-refractivity contribution in [2.45, 2.75) is 62.7 Å². The van der Waals surface area contributed by atoms with Crippen molar-refractivity contribution < 1.29 is 5.11 Å². The molecule has 2 aliphatic heterocycles. The van der Waals surface area contributed by atoms with Gasteiger partial charge in [-0.15, -0.1) is 21.5 Å². The molecule has 6 rings (SSSR count). The molecule has 2 atom stereocenters. The molecule has 3 aliphatic rings. The average molecular weight is 446 g/mol. The molecule has 0 radical (unpaired) electrons. The van der Waals surface area contributed by atoms with E-state index in [-0.39, 0.29) is 5.75 Å². The van der Waals surface area contributed by atoms with Gasteiger partial charge in [-0.25, -0.2) is 9.97 Å². The van der Waals surface area contributed by atoms with Crippen LogP contribution in [-0.2, 0) is 0 Å². The number of hydrogen-bond donors (Lipinski definition) is 2. The number of aromatic nitrogens is 4. The van der Waals surface area contributed by atoms with Crippen molar-refractivity contribution in [1.29, 1.82) is 5.26 Å². The van der Waals surface area contributed by atoms with Crippen molar-refractivity contribution in [2.24, 2.45) is 0 Å². The van der Waals surface area contributed by atoms with Crippen molar-refractivity contribution in [2.75, 3.05) is 4.90 Å². The second-order valence-electron chi connectivity index (χ2n) is 8.93. The van der Waals surface area contributed by atoms with Crippen LogP contribution in [0.5, 0.6) is 5.75 Å². The Hall–Kier alpha value is -3.09. The highest BCUT2D eigenvalue weighted by Gasteiger charge is 2.42. The Morgan fingerprint density at radius 1 is 1.06 bits per heavy atom. The lowest BCUT2D eigenvalue weighted by Crippen LogP contribution is -2.49. The fourth-order valence-corrected chi connectivity index (χ4v) is 5.72. The molecule has 32 heavy (non-hydrogen) atoms. The maximum atomic E-state index is 10.6. The Bertz CT molecular complexity index is 1170. The Morgan fingerprint density at radius 2 is 1.88 bits per heavy atom. The first-order chi connectivity index (χ1) is 15.7. The van der Waals surface area contributed by atoms with Crippen LogP contribution in [0.2, 0.25) is 0 Å². The van der Waals surface area contributed by atoms with Crippen LogP contribution in [0.15, 0.2) is 29.8 Å². The molecule has 162 valence electrons. The second kappa shape index (κ2) is 7.80. The van der Waals surface area contributed by atoms with E-state index in [1.54, 1.807) is 18.3 Å². The van der Waals surface area contributed by atoms with Crippen LogP contribution in [-0.4, -0.2) is 49.4 Å². The van der Waals surface area contributed by atoms with Gasteiger partial charge in [0.2, 0.25) is 5.95 Å². The van der Waals surface area contributed by atoms with E-state index in [0.717, 1.165) is 18.4 Å². The summed E-state index contributed by atoms with van der Waals surface area (Å²) in [4.78, 5) is 11.3. The van der Waals surface area contributed by atoms with Crippen LogP contribution in [0.3, 0.4) is 0 Å². The normalized spacial score (nSPS) is 24.3. The van der Waals surface area contributed by atoms with Gasteiger partial charge in [-0.05, 0) is 50.7 Å². The first-order valence-corrected chi connectivity index (χ1v) is 12.0. The largest absolute Gasteiger partial charge is 0.507 e. The SMILES string of the molecule is N#Cc1nc(-c2ccc(-c3cnc(N(C4CC4)C4C[C@@H]5CC[C@@H](C4)N5)nn3)c(O)c2)cs1. The molecule has 2 N–H and O–H groups in total. The topological polar surface area (TPSA) is 111 Å². The number of nitrogens with zero attached hydrogens (tertiary/aromatic N) is 6. The molecule has 2 saturated heterocycles. The van der Waals surface area contributed by atoms with Crippen LogP contribution in [0.1, 0.15) is 43.5 Å². The number of hydrogen-bond acceptors (Lipinski definition) is 9. The lowest BCUT2D eigenvalue weighted by molar-refractivity contribution is 0.342. The van der Waals surface area contributed by atoms with Gasteiger partial charge in [0.25, 0.3) is 0 Å². The zero-order chi connectivity index (χ0) is 21.7. The average Bonchev–Trinajstić information content (AvgIpc) is 3.41. The molecule has 0 spiro atoms. The fraction of sp³-hybridized carbons (Fsp3) is 0.435. The summed E-state index contributed by atoms with van der Waals surface area (Å²) < 4.78 is 0. The molecule has 3 fully saturated rings. The van der Waals surface area contributed by atoms with E-state index < -0.39 is 0 Å². The molecular formula is C23H23N7OS. The quantitative estimate of drug-likeness (QED) is 0.614. The molecule has 1 saturated carbocycles. The van der Waals surface area contributed by atoms with Crippen molar-refractivity contribution in [1.82, 2.24) is 25.5 Å². The van der Waals surface area contributed by atoms with E-state index >= 15 is 0 Å². The highest BCUT2D eigenvalue weighted by molar-refractivity contribution is 7.10. The van der Waals surface area contributed by atoms with Crippen molar-refractivity contribution >= 4 is 17.3 Å². The van der Waals surface area contributed by atoms with Crippen LogP contribution in [0.4, 0.5) is 5.95 Å². The lowest BCUT2D eigenvalue weighted by Gasteiger charge is -2.37. The minimum atomic E-state index is 0.0897. The molecule has 0 unspecified atom stereocenters. The Kier molecular flexibility index (Phi) is 4.77. The molecule has 3 aromatic rings. The molecule has 2 bridgehead atoms. The Morgan fingerprint density at radius 3 is 2.50 bits per heavy atom. The summed E-state index contributed by atoms with van der Waals surface area (Å²) in [5, 5.41) is 34.4. The molecule has 1 aliphatic carbocycles. The number of phenols is 1. The molecule has 9 heteroatoms. The van der Waals surface area contributed by atoms with Crippen LogP contribution in [0, 0.1) is 11.3 Å². The second-order valence-corrected chi connectivity index (χ2v) is 9.78. The van der Waals surface area contributed by atoms with Crippen molar-refractivity contribution in [3.8, 4) is 34.3 Å². The van der Waals surface area contributed by atoms with Gasteiger partial charge in [0.05, 0.1) is 11.9 Å². The first-order valence-electron chi connectivity index (χ1n) is 11.1. The van der Waals surface area contributed by atoms with E-state index in [1.807, 2.05) is 17.5 Å². The van der Waals surface area contributed by atoms with Gasteiger partial charge in [-0.3, -0.25) is 0 Å². The standard InChI is InChI=1S/C23H23N7OS/c24-10-22-27-20(12-32-22)13-1-6-18(21(31)7-13)19-11-25-23(29-28-19)30(16-4-5-16)17-8-14-2-3-15(9-17)26-14/h1,6-7,11-12,14-17,26,31H,2-5,8-9H2/t14-,15-/m0/s1. The molecule has 2 aromatic heterocycles. The van der Waals surface area contributed by atoms with E-state index in [4.69, 9.17) is 5.26 Å². The number of benzene rings is 1. The zero-order valence-corrected chi connectivity index (χ0v) is 18.3. The summed E-state index contributed by atoms with van der Waals surface area (Å²) in [6.45, 7) is 0.